The first-order chi connectivity index (χ1) is 11.3. The molecular formula is C20H26N2O. The molecule has 0 saturated heterocycles. The van der Waals surface area contributed by atoms with Crippen LogP contribution >= 0.6 is 0 Å². The second-order valence-electron chi connectivity index (χ2n) is 3.35. The summed E-state index contributed by atoms with van der Waals surface area (Å²) in [5.41, 5.74) is 0.675. The van der Waals surface area contributed by atoms with Gasteiger partial charge in [0.25, 0.3) is 0 Å². The highest BCUT2D eigenvalue weighted by Gasteiger charge is 2.04. The second-order valence-corrected chi connectivity index (χ2v) is 3.35. The van der Waals surface area contributed by atoms with Crippen molar-refractivity contribution >= 4 is 0 Å². The second kappa shape index (κ2) is 15.6. The van der Waals surface area contributed by atoms with E-state index in [0.29, 0.717) is 22.6 Å². The zero-order valence-electron chi connectivity index (χ0n) is 14.9. The lowest BCUT2D eigenvalue weighted by Gasteiger charge is -2.05. The number of rotatable bonds is 2. The summed E-state index contributed by atoms with van der Waals surface area (Å²) in [7, 11) is 0. The topological polar surface area (TPSA) is 56.8 Å². The Morgan fingerprint density at radius 3 is 1.65 bits per heavy atom. The van der Waals surface area contributed by atoms with Crippen LogP contribution in [0.25, 0.3) is 0 Å². The Labute approximate surface area is 140 Å². The normalized spacial score (nSPS) is 7.48. The summed E-state index contributed by atoms with van der Waals surface area (Å²) < 4.78 is 5.56. The Hall–Kier alpha value is -2.78. The predicted molar refractivity (Wildman–Crippen MR) is 96.4 cm³/mol. The van der Waals surface area contributed by atoms with E-state index in [4.69, 9.17) is 15.3 Å². The first-order valence-corrected chi connectivity index (χ1v) is 8.00. The summed E-state index contributed by atoms with van der Waals surface area (Å²) in [4.78, 5) is 0. The molecule has 122 valence electrons. The fourth-order valence-electron chi connectivity index (χ4n) is 1.40. The van der Waals surface area contributed by atoms with Crippen LogP contribution in [0.4, 0.5) is 0 Å². The van der Waals surface area contributed by atoms with E-state index in [1.165, 1.54) is 0 Å². The van der Waals surface area contributed by atoms with Crippen LogP contribution in [0.15, 0.2) is 48.5 Å². The van der Waals surface area contributed by atoms with Crippen LogP contribution in [0.5, 0.6) is 11.5 Å². The van der Waals surface area contributed by atoms with Gasteiger partial charge in [-0.25, -0.2) is 0 Å². The molecule has 0 radical (unpaired) electrons. The maximum absolute atomic E-state index is 8.88. The number of hydrogen-bond donors (Lipinski definition) is 0. The molecule has 3 heteroatoms. The van der Waals surface area contributed by atoms with Gasteiger partial charge in [-0.15, -0.1) is 0 Å². The van der Waals surface area contributed by atoms with Gasteiger partial charge in [0.2, 0.25) is 0 Å². The van der Waals surface area contributed by atoms with E-state index in [-0.39, 0.29) is 0 Å². The Morgan fingerprint density at radius 2 is 1.17 bits per heavy atom. The molecule has 0 saturated carbocycles. The number of nitriles is 2. The number of benzene rings is 2. The Bertz CT molecular complexity index is 608. The number of para-hydroxylation sites is 1. The summed E-state index contributed by atoms with van der Waals surface area (Å²) in [5.74, 6) is 1.24. The standard InChI is InChI=1S/C14H8N2O.3C2H6/c15-9-11-6-7-14(8-12(11)10-16)17-13-4-2-1-3-5-13;3*1-2/h1-8H;3*1-2H3. The molecule has 0 aliphatic rings. The molecule has 2 aromatic carbocycles. The third kappa shape index (κ3) is 8.29. The monoisotopic (exact) mass is 310 g/mol. The highest BCUT2D eigenvalue weighted by molar-refractivity contribution is 5.49. The molecule has 0 amide bonds. The van der Waals surface area contributed by atoms with Crippen LogP contribution in [0.2, 0.25) is 0 Å². The maximum Gasteiger partial charge on any atom is 0.128 e. The molecule has 0 bridgehead atoms. The van der Waals surface area contributed by atoms with E-state index >= 15 is 0 Å². The molecule has 0 heterocycles. The molecule has 0 unspecified atom stereocenters. The van der Waals surface area contributed by atoms with E-state index in [1.54, 1.807) is 18.2 Å². The highest BCUT2D eigenvalue weighted by atomic mass is 16.5. The van der Waals surface area contributed by atoms with E-state index in [2.05, 4.69) is 0 Å². The first-order valence-electron chi connectivity index (χ1n) is 8.00. The smallest absolute Gasteiger partial charge is 0.128 e. The van der Waals surface area contributed by atoms with Crippen LogP contribution in [0, 0.1) is 22.7 Å². The summed E-state index contributed by atoms with van der Waals surface area (Å²) in [6.07, 6.45) is 0. The minimum Gasteiger partial charge on any atom is -0.457 e. The molecule has 2 rings (SSSR count). The minimum atomic E-state index is 0.320. The molecule has 23 heavy (non-hydrogen) atoms. The SMILES string of the molecule is CC.CC.CC.N#Cc1ccc(Oc2ccccc2)cc1C#N. The van der Waals surface area contributed by atoms with Gasteiger partial charge in [-0.05, 0) is 30.3 Å². The first kappa shape index (κ1) is 22.5. The lowest BCUT2D eigenvalue weighted by atomic mass is 10.1. The zero-order chi connectivity index (χ0) is 18.1. The fraction of sp³-hybridized carbons (Fsp3) is 0.300. The quantitative estimate of drug-likeness (QED) is 0.654. The zero-order valence-corrected chi connectivity index (χ0v) is 14.9. The van der Waals surface area contributed by atoms with Gasteiger partial charge in [-0.1, -0.05) is 59.7 Å². The van der Waals surface area contributed by atoms with Crippen LogP contribution in [-0.2, 0) is 0 Å². The van der Waals surface area contributed by atoms with Crippen molar-refractivity contribution in [3.63, 3.8) is 0 Å². The van der Waals surface area contributed by atoms with Crippen molar-refractivity contribution in [3.05, 3.63) is 59.7 Å². The molecule has 3 nitrogen and oxygen atoms in total. The van der Waals surface area contributed by atoms with Crippen molar-refractivity contribution in [2.75, 3.05) is 0 Å². The van der Waals surface area contributed by atoms with Crippen molar-refractivity contribution in [2.45, 2.75) is 41.5 Å². The molecule has 0 spiro atoms. The van der Waals surface area contributed by atoms with Crippen molar-refractivity contribution in [2.24, 2.45) is 0 Å². The van der Waals surface area contributed by atoms with Crippen LogP contribution in [-0.4, -0.2) is 0 Å². The largest absolute Gasteiger partial charge is 0.457 e. The van der Waals surface area contributed by atoms with Gasteiger partial charge in [0, 0.05) is 0 Å². The van der Waals surface area contributed by atoms with Gasteiger partial charge in [0.1, 0.15) is 23.6 Å². The van der Waals surface area contributed by atoms with Crippen molar-refractivity contribution in [3.8, 4) is 23.6 Å². The van der Waals surface area contributed by atoms with Gasteiger partial charge in [-0.3, -0.25) is 0 Å². The number of ether oxygens (including phenoxy) is 1. The molecule has 0 N–H and O–H groups in total. The van der Waals surface area contributed by atoms with Gasteiger partial charge in [0.15, 0.2) is 0 Å². The fourth-order valence-corrected chi connectivity index (χ4v) is 1.40. The van der Waals surface area contributed by atoms with E-state index < -0.39 is 0 Å². The predicted octanol–water partition coefficient (Wildman–Crippen LogP) is 6.30. The van der Waals surface area contributed by atoms with Gasteiger partial charge >= 0.3 is 0 Å². The number of hydrogen-bond acceptors (Lipinski definition) is 3. The van der Waals surface area contributed by atoms with Crippen LogP contribution in [0.1, 0.15) is 52.7 Å². The third-order valence-electron chi connectivity index (χ3n) is 2.21. The molecule has 0 aromatic heterocycles. The van der Waals surface area contributed by atoms with Crippen molar-refractivity contribution < 1.29 is 4.74 Å². The molecule has 0 atom stereocenters. The Morgan fingerprint density at radius 1 is 0.652 bits per heavy atom. The minimum absolute atomic E-state index is 0.320. The average molecular weight is 310 g/mol. The molecule has 0 fully saturated rings. The molecular weight excluding hydrogens is 284 g/mol. The summed E-state index contributed by atoms with van der Waals surface area (Å²) >= 11 is 0. The van der Waals surface area contributed by atoms with E-state index in [0.717, 1.165) is 0 Å². The molecule has 0 aliphatic carbocycles. The lowest BCUT2D eigenvalue weighted by molar-refractivity contribution is 0.482. The average Bonchev–Trinajstić information content (AvgIpc) is 2.67. The van der Waals surface area contributed by atoms with Crippen molar-refractivity contribution in [1.29, 1.82) is 10.5 Å². The van der Waals surface area contributed by atoms with Gasteiger partial charge in [0.05, 0.1) is 11.1 Å². The molecule has 0 aliphatic heterocycles. The Kier molecular flexibility index (Phi) is 15.3. The van der Waals surface area contributed by atoms with Crippen LogP contribution < -0.4 is 4.74 Å². The van der Waals surface area contributed by atoms with Crippen molar-refractivity contribution in [1.82, 2.24) is 0 Å². The number of nitrogens with zero attached hydrogens (tertiary/aromatic N) is 2. The highest BCUT2D eigenvalue weighted by Crippen LogP contribution is 2.23. The molecule has 2 aromatic rings. The van der Waals surface area contributed by atoms with E-state index in [1.807, 2.05) is 84.0 Å². The van der Waals surface area contributed by atoms with E-state index in [9.17, 15) is 0 Å². The Balaban J connectivity index is 0. The van der Waals surface area contributed by atoms with Gasteiger partial charge in [-0.2, -0.15) is 10.5 Å². The lowest BCUT2D eigenvalue weighted by Crippen LogP contribution is -1.87. The third-order valence-corrected chi connectivity index (χ3v) is 2.21. The van der Waals surface area contributed by atoms with Gasteiger partial charge < -0.3 is 4.74 Å². The summed E-state index contributed by atoms with van der Waals surface area (Å²) in [6, 6.07) is 18.0. The summed E-state index contributed by atoms with van der Waals surface area (Å²) in [6.45, 7) is 12.0. The summed E-state index contributed by atoms with van der Waals surface area (Å²) in [5, 5.41) is 17.7. The van der Waals surface area contributed by atoms with Crippen LogP contribution in [0.3, 0.4) is 0 Å². The maximum atomic E-state index is 8.88.